The fourth-order valence-electron chi connectivity index (χ4n) is 5.61. The van der Waals surface area contributed by atoms with Gasteiger partial charge < -0.3 is 25.0 Å². The predicted molar refractivity (Wildman–Crippen MR) is 121 cm³/mol. The van der Waals surface area contributed by atoms with Crippen molar-refractivity contribution >= 4 is 43.4 Å². The minimum absolute atomic E-state index is 0.180. The molecule has 4 rings (SSSR count). The second-order valence-corrected chi connectivity index (χ2v) is 10.8. The van der Waals surface area contributed by atoms with E-state index in [0.29, 0.717) is 12.5 Å². The molecule has 2 unspecified atom stereocenters. The molecule has 0 radical (unpaired) electrons. The van der Waals surface area contributed by atoms with Gasteiger partial charge in [-0.2, -0.15) is 0 Å². The van der Waals surface area contributed by atoms with Crippen LogP contribution in [0, 0.1) is 5.41 Å². The van der Waals surface area contributed by atoms with E-state index in [1.807, 2.05) is 4.90 Å². The highest BCUT2D eigenvalue weighted by molar-refractivity contribution is 6.53. The molecule has 29 heavy (non-hydrogen) atoms. The van der Waals surface area contributed by atoms with E-state index in [1.54, 1.807) is 31.4 Å². The molecule has 1 spiro atoms. The van der Waals surface area contributed by atoms with E-state index in [0.717, 1.165) is 58.2 Å². The minimum atomic E-state index is -1.10. The summed E-state index contributed by atoms with van der Waals surface area (Å²) in [5.41, 5.74) is 0.180. The summed E-state index contributed by atoms with van der Waals surface area (Å²) < 4.78 is 5.76. The van der Waals surface area contributed by atoms with Crippen molar-refractivity contribution in [2.45, 2.75) is 73.9 Å². The van der Waals surface area contributed by atoms with E-state index in [1.165, 1.54) is 0 Å². The van der Waals surface area contributed by atoms with E-state index in [9.17, 15) is 14.7 Å². The number of piperidine rings is 2. The number of fused-ring (bicyclic) bond motifs is 2. The van der Waals surface area contributed by atoms with Crippen LogP contribution in [-0.2, 0) is 9.53 Å². The number of likely N-dealkylation sites (tertiary alicyclic amines) is 1. The monoisotopic (exact) mass is 399 g/mol. The van der Waals surface area contributed by atoms with Gasteiger partial charge in [0.1, 0.15) is 31.4 Å². The van der Waals surface area contributed by atoms with Gasteiger partial charge in [0.25, 0.3) is 0 Å². The van der Waals surface area contributed by atoms with Crippen molar-refractivity contribution < 1.29 is 19.4 Å². The van der Waals surface area contributed by atoms with Crippen LogP contribution in [-0.4, -0.2) is 107 Å². The molecule has 0 aromatic rings. The van der Waals surface area contributed by atoms with Crippen LogP contribution in [0.25, 0.3) is 0 Å². The van der Waals surface area contributed by atoms with Gasteiger partial charge in [-0.1, -0.05) is 0 Å². The van der Waals surface area contributed by atoms with E-state index < -0.39 is 10.8 Å². The molecular weight excluding hydrogens is 365 g/mol. The third-order valence-electron chi connectivity index (χ3n) is 8.31. The van der Waals surface area contributed by atoms with Gasteiger partial charge in [-0.3, -0.25) is 4.79 Å². The highest BCUT2D eigenvalue weighted by atomic mass is 16.6. The maximum absolute atomic E-state index is 12.9. The molecule has 7 nitrogen and oxygen atoms in total. The maximum atomic E-state index is 12.9. The number of nitrogens with one attached hydrogen (secondary N) is 1. The largest absolute Gasteiger partial charge is 0.460 e. The number of amides is 2. The minimum Gasteiger partial charge on any atom is -0.460 e. The van der Waals surface area contributed by atoms with Crippen LogP contribution in [0.15, 0.2) is 0 Å². The topological polar surface area (TPSA) is 82.1 Å². The summed E-state index contributed by atoms with van der Waals surface area (Å²) in [7, 11) is 6.90. The van der Waals surface area contributed by atoms with Crippen LogP contribution >= 0.6 is 0 Å². The van der Waals surface area contributed by atoms with Crippen molar-refractivity contribution in [3.8, 4) is 0 Å². The van der Waals surface area contributed by atoms with Gasteiger partial charge >= 0.3 is 6.09 Å². The third-order valence-corrected chi connectivity index (χ3v) is 8.31. The van der Waals surface area contributed by atoms with Crippen LogP contribution in [0.4, 0.5) is 4.79 Å². The predicted octanol–water partition coefficient (Wildman–Crippen LogP) is -3.45. The van der Waals surface area contributed by atoms with Gasteiger partial charge in [0, 0.05) is 36.5 Å². The summed E-state index contributed by atoms with van der Waals surface area (Å²) in [6.07, 6.45) is 6.65. The van der Waals surface area contributed by atoms with Crippen LogP contribution in [0.5, 0.6) is 0 Å². The molecule has 11 heteroatoms. The molecule has 2 N–H and O–H groups in total. The summed E-state index contributed by atoms with van der Waals surface area (Å²) in [5, 5.41) is 11.3. The highest BCUT2D eigenvalue weighted by Gasteiger charge is 2.49. The Labute approximate surface area is 177 Å². The molecule has 4 aliphatic rings. The second kappa shape index (κ2) is 7.26. The van der Waals surface area contributed by atoms with Crippen molar-refractivity contribution in [1.29, 1.82) is 0 Å². The first-order chi connectivity index (χ1) is 13.5. The van der Waals surface area contributed by atoms with Crippen LogP contribution in [0.2, 0.25) is 0 Å². The Morgan fingerprint density at radius 2 is 1.69 bits per heavy atom. The Balaban J connectivity index is 1.35. The van der Waals surface area contributed by atoms with Gasteiger partial charge in [-0.25, -0.2) is 4.79 Å². The number of carbonyl (C=O) groups is 2. The molecule has 0 saturated carbocycles. The first-order valence-electron chi connectivity index (χ1n) is 11.2. The van der Waals surface area contributed by atoms with Crippen LogP contribution in [0.3, 0.4) is 0 Å². The Kier molecular flexibility index (Phi) is 5.30. The summed E-state index contributed by atoms with van der Waals surface area (Å²) >= 11 is 0. The van der Waals surface area contributed by atoms with Gasteiger partial charge in [0.15, 0.2) is 0 Å². The zero-order chi connectivity index (χ0) is 21.0. The lowest BCUT2D eigenvalue weighted by molar-refractivity contribution is -0.119. The molecule has 0 aliphatic carbocycles. The Hall–Kier alpha value is -1.08. The molecule has 4 fully saturated rings. The molecule has 4 saturated heterocycles. The highest BCUT2D eigenvalue weighted by Crippen LogP contribution is 2.42. The quantitative estimate of drug-likeness (QED) is 0.483. The second-order valence-electron chi connectivity index (χ2n) is 10.8. The SMILES string of the molecule is BC(B)(O)C(B)(B)OC(=O)N1C2CCC1CC(N1CCC3(CC1)CNC(=O)C3)C2. The van der Waals surface area contributed by atoms with E-state index >= 15 is 0 Å². The van der Waals surface area contributed by atoms with Crippen LogP contribution < -0.4 is 5.32 Å². The maximum Gasteiger partial charge on any atom is 0.409 e. The van der Waals surface area contributed by atoms with Crippen molar-refractivity contribution in [3.63, 3.8) is 0 Å². The van der Waals surface area contributed by atoms with Crippen molar-refractivity contribution in [2.75, 3.05) is 19.6 Å². The number of hydrogen-bond acceptors (Lipinski definition) is 5. The fraction of sp³-hybridized carbons (Fsp3) is 0.889. The first-order valence-corrected chi connectivity index (χ1v) is 11.2. The number of nitrogens with zero attached hydrogens (tertiary/aromatic N) is 2. The van der Waals surface area contributed by atoms with E-state index in [4.69, 9.17) is 4.74 Å². The molecule has 0 aromatic carbocycles. The van der Waals surface area contributed by atoms with Crippen LogP contribution in [0.1, 0.15) is 44.9 Å². The molecule has 156 valence electrons. The smallest absolute Gasteiger partial charge is 0.409 e. The average Bonchev–Trinajstić information content (AvgIpc) is 3.11. The van der Waals surface area contributed by atoms with E-state index in [-0.39, 0.29) is 29.5 Å². The number of aliphatic hydroxyl groups is 1. The first kappa shape index (κ1) is 21.2. The Morgan fingerprint density at radius 1 is 1.10 bits per heavy atom. The molecule has 4 heterocycles. The van der Waals surface area contributed by atoms with Gasteiger partial charge in [0.05, 0.1) is 5.40 Å². The van der Waals surface area contributed by atoms with Crippen molar-refractivity contribution in [1.82, 2.24) is 15.1 Å². The molecule has 4 aliphatic heterocycles. The number of carbonyl (C=O) groups excluding carboxylic acids is 2. The summed E-state index contributed by atoms with van der Waals surface area (Å²) in [6, 6.07) is 0.977. The fourth-order valence-corrected chi connectivity index (χ4v) is 5.61. The molecule has 0 aromatic heterocycles. The Morgan fingerprint density at radius 3 is 2.17 bits per heavy atom. The molecular formula is C18H33B4N3O4. The zero-order valence-corrected chi connectivity index (χ0v) is 18.4. The third kappa shape index (κ3) is 3.97. The molecule has 2 bridgehead atoms. The van der Waals surface area contributed by atoms with Gasteiger partial charge in [-0.15, -0.1) is 0 Å². The lowest BCUT2D eigenvalue weighted by Crippen LogP contribution is -2.62. The zero-order valence-electron chi connectivity index (χ0n) is 18.4. The normalized spacial score (nSPS) is 32.4. The standard InChI is InChI=1S/C18H33B4N3O4/c19-17(20,28)18(21,22)29-15(27)25-11-1-2-12(25)8-13(7-11)24-5-3-16(4-6-24)9-14(26)23-10-16/h11-13,28H,1-10,19-22H2,(H,23,26). The molecule has 2 atom stereocenters. The lowest BCUT2D eigenvalue weighted by Gasteiger charge is -2.47. The average molecular weight is 399 g/mol. The summed E-state index contributed by atoms with van der Waals surface area (Å²) in [4.78, 5) is 29.2. The molecule has 2 amide bonds. The van der Waals surface area contributed by atoms with Crippen molar-refractivity contribution in [3.05, 3.63) is 0 Å². The Bertz CT molecular complexity index is 665. The number of hydrogen-bond donors (Lipinski definition) is 2. The van der Waals surface area contributed by atoms with E-state index in [2.05, 4.69) is 10.2 Å². The van der Waals surface area contributed by atoms with Gasteiger partial charge in [0.2, 0.25) is 5.91 Å². The number of ether oxygens (including phenoxy) is 1. The van der Waals surface area contributed by atoms with Gasteiger partial charge in [-0.05, 0) is 57.0 Å². The number of rotatable bonds is 3. The summed E-state index contributed by atoms with van der Waals surface area (Å²) in [5.74, 6) is 0.206. The lowest BCUT2D eigenvalue weighted by atomic mass is 9.42. The van der Waals surface area contributed by atoms with Crippen molar-refractivity contribution in [2.24, 2.45) is 5.41 Å². The summed E-state index contributed by atoms with van der Waals surface area (Å²) in [6.45, 7) is 2.94.